The molecule has 10 heteroatoms. The van der Waals surface area contributed by atoms with Crippen LogP contribution in [0.1, 0.15) is 5.56 Å². The molecule has 1 rings (SSSR count). The summed E-state index contributed by atoms with van der Waals surface area (Å²) < 4.78 is 64.8. The molecule has 0 bridgehead atoms. The van der Waals surface area contributed by atoms with Crippen LogP contribution in [0.2, 0.25) is 0 Å². The molecular weight excluding hydrogens is 345 g/mol. The molecule has 128 valence electrons. The van der Waals surface area contributed by atoms with Gasteiger partial charge in [-0.15, -0.1) is 10.3 Å². The third-order valence-electron chi connectivity index (χ3n) is 2.72. The SMILES string of the molecule is O=S(=O)(OS(CCO)(CCO)Cc1ccccc1)C(F)(F)F. The molecule has 22 heavy (non-hydrogen) atoms. The van der Waals surface area contributed by atoms with E-state index in [0.717, 1.165) is 0 Å². The van der Waals surface area contributed by atoms with E-state index in [9.17, 15) is 21.6 Å². The standard InChI is InChI=1S/C12H17F3O5S2/c13-12(14,15)22(18,19)20-21(8-6-16,9-7-17)10-11-4-2-1-3-5-11/h1-5,16-17H,6-10H2. The topological polar surface area (TPSA) is 83.8 Å². The second-order valence-electron chi connectivity index (χ2n) is 4.42. The van der Waals surface area contributed by atoms with Crippen molar-refractivity contribution in [2.45, 2.75) is 11.3 Å². The van der Waals surface area contributed by atoms with Crippen LogP contribution in [0.4, 0.5) is 13.2 Å². The van der Waals surface area contributed by atoms with Gasteiger partial charge in [-0.3, -0.25) is 0 Å². The summed E-state index contributed by atoms with van der Waals surface area (Å²) in [6.07, 6.45) is 0. The molecule has 1 aromatic carbocycles. The Morgan fingerprint density at radius 1 is 1.00 bits per heavy atom. The van der Waals surface area contributed by atoms with E-state index in [4.69, 9.17) is 10.2 Å². The number of aliphatic hydroxyl groups excluding tert-OH is 2. The first kappa shape index (κ1) is 19.2. The molecule has 5 nitrogen and oxygen atoms in total. The van der Waals surface area contributed by atoms with Crippen molar-refractivity contribution in [3.63, 3.8) is 0 Å². The number of hydrogen-bond acceptors (Lipinski definition) is 5. The molecule has 0 aliphatic rings. The molecule has 0 aliphatic heterocycles. The molecule has 0 saturated carbocycles. The normalized spacial score (nSPS) is 14.0. The van der Waals surface area contributed by atoms with Crippen molar-refractivity contribution in [1.29, 1.82) is 0 Å². The van der Waals surface area contributed by atoms with Crippen molar-refractivity contribution >= 4 is 20.4 Å². The van der Waals surface area contributed by atoms with Crippen LogP contribution >= 0.6 is 10.3 Å². The van der Waals surface area contributed by atoms with Crippen molar-refractivity contribution in [3.8, 4) is 0 Å². The first-order chi connectivity index (χ1) is 10.2. The number of alkyl halides is 3. The maximum atomic E-state index is 12.6. The van der Waals surface area contributed by atoms with E-state index in [2.05, 4.69) is 3.63 Å². The average molecular weight is 362 g/mol. The first-order valence-corrected chi connectivity index (χ1v) is 9.67. The van der Waals surface area contributed by atoms with Gasteiger partial charge in [0.1, 0.15) is 0 Å². The smallest absolute Gasteiger partial charge is 0.395 e. The quantitative estimate of drug-likeness (QED) is 0.689. The Bertz CT molecular complexity index is 554. The van der Waals surface area contributed by atoms with E-state index in [1.165, 1.54) is 0 Å². The fourth-order valence-corrected chi connectivity index (χ4v) is 6.30. The van der Waals surface area contributed by atoms with Gasteiger partial charge in [-0.05, 0) is 5.56 Å². The van der Waals surface area contributed by atoms with Crippen molar-refractivity contribution in [3.05, 3.63) is 35.9 Å². The zero-order chi connectivity index (χ0) is 16.9. The monoisotopic (exact) mass is 362 g/mol. The minimum Gasteiger partial charge on any atom is -0.395 e. The van der Waals surface area contributed by atoms with Crippen LogP contribution in [0, 0.1) is 0 Å². The van der Waals surface area contributed by atoms with Crippen molar-refractivity contribution in [2.24, 2.45) is 0 Å². The molecule has 0 unspecified atom stereocenters. The van der Waals surface area contributed by atoms with E-state index in [0.29, 0.717) is 5.56 Å². The van der Waals surface area contributed by atoms with Crippen LogP contribution in [-0.2, 0) is 19.5 Å². The molecule has 0 aromatic heterocycles. The van der Waals surface area contributed by atoms with E-state index in [-0.39, 0.29) is 17.3 Å². The second-order valence-corrected chi connectivity index (χ2v) is 9.37. The highest BCUT2D eigenvalue weighted by molar-refractivity contribution is 8.32. The third kappa shape index (κ3) is 5.13. The molecule has 0 aliphatic carbocycles. The Kier molecular flexibility index (Phi) is 6.68. The highest BCUT2D eigenvalue weighted by atomic mass is 32.3. The lowest BCUT2D eigenvalue weighted by Gasteiger charge is -2.37. The van der Waals surface area contributed by atoms with Crippen molar-refractivity contribution < 1.29 is 35.4 Å². The van der Waals surface area contributed by atoms with E-state index < -0.39 is 39.1 Å². The molecular formula is C12H17F3O5S2. The lowest BCUT2D eigenvalue weighted by atomic mass is 10.2. The van der Waals surface area contributed by atoms with Gasteiger partial charge in [0.15, 0.2) is 0 Å². The number of hydrogen-bond donors (Lipinski definition) is 2. The number of halogens is 3. The number of rotatable bonds is 8. The average Bonchev–Trinajstić information content (AvgIpc) is 2.38. The highest BCUT2D eigenvalue weighted by Gasteiger charge is 2.50. The second kappa shape index (κ2) is 7.64. The van der Waals surface area contributed by atoms with Crippen LogP contribution < -0.4 is 0 Å². The van der Waals surface area contributed by atoms with Gasteiger partial charge in [-0.2, -0.15) is 21.6 Å². The Morgan fingerprint density at radius 3 is 1.91 bits per heavy atom. The van der Waals surface area contributed by atoms with Crippen molar-refractivity contribution in [2.75, 3.05) is 24.7 Å². The van der Waals surface area contributed by atoms with Gasteiger partial charge in [0.05, 0.1) is 13.2 Å². The molecule has 0 spiro atoms. The zero-order valence-corrected chi connectivity index (χ0v) is 13.1. The minimum absolute atomic E-state index is 0.107. The maximum absolute atomic E-state index is 12.6. The molecule has 0 amide bonds. The van der Waals surface area contributed by atoms with Gasteiger partial charge in [0, 0.05) is 17.3 Å². The third-order valence-corrected chi connectivity index (χ3v) is 7.87. The Morgan fingerprint density at radius 2 is 1.50 bits per heavy atom. The van der Waals surface area contributed by atoms with Gasteiger partial charge in [0.25, 0.3) is 0 Å². The molecule has 2 N–H and O–H groups in total. The summed E-state index contributed by atoms with van der Waals surface area (Å²) in [5, 5.41) is 18.2. The van der Waals surface area contributed by atoms with Gasteiger partial charge < -0.3 is 10.2 Å². The molecule has 0 heterocycles. The maximum Gasteiger partial charge on any atom is 0.523 e. The predicted octanol–water partition coefficient (Wildman–Crippen LogP) is 1.76. The van der Waals surface area contributed by atoms with E-state index in [1.807, 2.05) is 0 Å². The molecule has 1 aromatic rings. The lowest BCUT2D eigenvalue weighted by Crippen LogP contribution is -2.30. The predicted molar refractivity (Wildman–Crippen MR) is 77.7 cm³/mol. The van der Waals surface area contributed by atoms with Gasteiger partial charge in [-0.25, -0.2) is 3.63 Å². The van der Waals surface area contributed by atoms with Crippen LogP contribution in [-0.4, -0.2) is 48.9 Å². The summed E-state index contributed by atoms with van der Waals surface area (Å²) in [4.78, 5) is 0. The first-order valence-electron chi connectivity index (χ1n) is 6.20. The summed E-state index contributed by atoms with van der Waals surface area (Å²) in [6, 6.07) is 8.22. The van der Waals surface area contributed by atoms with Crippen molar-refractivity contribution in [1.82, 2.24) is 0 Å². The van der Waals surface area contributed by atoms with Gasteiger partial charge in [0.2, 0.25) is 0 Å². The highest BCUT2D eigenvalue weighted by Crippen LogP contribution is 2.54. The fraction of sp³-hybridized carbons (Fsp3) is 0.500. The summed E-state index contributed by atoms with van der Waals surface area (Å²) in [5.74, 6) is -0.667. The minimum atomic E-state index is -5.81. The Balaban J connectivity index is 3.15. The molecule has 0 radical (unpaired) electrons. The summed E-state index contributed by atoms with van der Waals surface area (Å²) >= 11 is 0. The molecule has 0 atom stereocenters. The molecule has 0 fully saturated rings. The fourth-order valence-electron chi connectivity index (χ4n) is 1.78. The number of benzene rings is 1. The van der Waals surface area contributed by atoms with Crippen LogP contribution in [0.15, 0.2) is 30.3 Å². The summed E-state index contributed by atoms with van der Waals surface area (Å²) in [7, 11) is -8.70. The van der Waals surface area contributed by atoms with E-state index in [1.54, 1.807) is 30.3 Å². The lowest BCUT2D eigenvalue weighted by molar-refractivity contribution is -0.0496. The number of aliphatic hydroxyl groups is 2. The summed E-state index contributed by atoms with van der Waals surface area (Å²) in [6.45, 7) is -1.09. The Labute approximate surface area is 128 Å². The van der Waals surface area contributed by atoms with Gasteiger partial charge in [-0.1, -0.05) is 30.3 Å². The van der Waals surface area contributed by atoms with E-state index >= 15 is 0 Å². The van der Waals surface area contributed by atoms with Crippen LogP contribution in [0.25, 0.3) is 0 Å². The zero-order valence-electron chi connectivity index (χ0n) is 11.5. The molecule has 0 saturated heterocycles. The largest absolute Gasteiger partial charge is 0.523 e. The van der Waals surface area contributed by atoms with Gasteiger partial charge >= 0.3 is 15.6 Å². The summed E-state index contributed by atoms with van der Waals surface area (Å²) in [5.41, 5.74) is -4.98. The van der Waals surface area contributed by atoms with Crippen LogP contribution in [0.3, 0.4) is 0 Å². The Hall–Kier alpha value is -0.810. The van der Waals surface area contributed by atoms with Crippen LogP contribution in [0.5, 0.6) is 0 Å².